The maximum absolute atomic E-state index is 12.2. The molecule has 0 bridgehead atoms. The highest BCUT2D eigenvalue weighted by Gasteiger charge is 2.40. The third-order valence-corrected chi connectivity index (χ3v) is 4.47. The van der Waals surface area contributed by atoms with Gasteiger partial charge in [0.05, 0.1) is 19.8 Å². The van der Waals surface area contributed by atoms with Gasteiger partial charge in [0, 0.05) is 39.0 Å². The van der Waals surface area contributed by atoms with Gasteiger partial charge < -0.3 is 24.6 Å². The minimum Gasteiger partial charge on any atom is -0.347 e. The summed E-state index contributed by atoms with van der Waals surface area (Å²) in [4.78, 5) is 16.4. The number of nitrogens with zero attached hydrogens (tertiary/aromatic N) is 2. The predicted molar refractivity (Wildman–Crippen MR) is 81.1 cm³/mol. The number of likely N-dealkylation sites (N-methyl/N-ethyl adjacent to an activating group) is 1. The van der Waals surface area contributed by atoms with Gasteiger partial charge in [-0.15, -0.1) is 0 Å². The predicted octanol–water partition coefficient (Wildman–Crippen LogP) is 0.283. The van der Waals surface area contributed by atoms with Gasteiger partial charge in [-0.05, 0) is 13.1 Å². The van der Waals surface area contributed by atoms with Crippen molar-refractivity contribution >= 4 is 5.91 Å². The molecule has 6 heteroatoms. The van der Waals surface area contributed by atoms with E-state index in [1.165, 1.54) is 0 Å². The van der Waals surface area contributed by atoms with Crippen molar-refractivity contribution in [3.8, 4) is 0 Å². The van der Waals surface area contributed by atoms with Crippen LogP contribution in [0.1, 0.15) is 26.7 Å². The molecule has 2 aliphatic rings. The lowest BCUT2D eigenvalue weighted by Crippen LogP contribution is -2.49. The van der Waals surface area contributed by atoms with Crippen LogP contribution in [0.5, 0.6) is 0 Å². The van der Waals surface area contributed by atoms with Gasteiger partial charge in [-0.25, -0.2) is 0 Å². The second-order valence-electron chi connectivity index (χ2n) is 5.69. The summed E-state index contributed by atoms with van der Waals surface area (Å²) in [6.07, 6.45) is 1.58. The molecule has 0 unspecified atom stereocenters. The van der Waals surface area contributed by atoms with Crippen molar-refractivity contribution in [1.29, 1.82) is 0 Å². The van der Waals surface area contributed by atoms with Crippen LogP contribution in [0.2, 0.25) is 0 Å². The average Bonchev–Trinajstić information content (AvgIpc) is 2.96. The third-order valence-electron chi connectivity index (χ3n) is 4.47. The van der Waals surface area contributed by atoms with E-state index in [9.17, 15) is 4.79 Å². The van der Waals surface area contributed by atoms with E-state index in [2.05, 4.69) is 24.1 Å². The van der Waals surface area contributed by atoms with Crippen LogP contribution in [0.3, 0.4) is 0 Å². The van der Waals surface area contributed by atoms with E-state index in [-0.39, 0.29) is 5.91 Å². The average molecular weight is 299 g/mol. The van der Waals surface area contributed by atoms with E-state index in [1.807, 2.05) is 4.90 Å². The number of likely N-dealkylation sites (tertiary alicyclic amines) is 1. The van der Waals surface area contributed by atoms with Crippen LogP contribution in [0, 0.1) is 0 Å². The first-order valence-corrected chi connectivity index (χ1v) is 8.18. The van der Waals surface area contributed by atoms with Crippen molar-refractivity contribution in [3.63, 3.8) is 0 Å². The summed E-state index contributed by atoms with van der Waals surface area (Å²) < 4.78 is 11.4. The van der Waals surface area contributed by atoms with Crippen LogP contribution in [0.4, 0.5) is 0 Å². The topological polar surface area (TPSA) is 54.0 Å². The summed E-state index contributed by atoms with van der Waals surface area (Å²) in [7, 11) is 0. The van der Waals surface area contributed by atoms with Gasteiger partial charge >= 0.3 is 0 Å². The Morgan fingerprint density at radius 1 is 1.19 bits per heavy atom. The molecule has 0 atom stereocenters. The van der Waals surface area contributed by atoms with E-state index in [4.69, 9.17) is 9.47 Å². The largest absolute Gasteiger partial charge is 0.347 e. The zero-order chi connectivity index (χ0) is 15.1. The summed E-state index contributed by atoms with van der Waals surface area (Å²) in [5.74, 6) is -0.213. The number of rotatable bonds is 7. The summed E-state index contributed by atoms with van der Waals surface area (Å²) in [6.45, 7) is 11.5. The zero-order valence-electron chi connectivity index (χ0n) is 13.4. The first kappa shape index (κ1) is 16.7. The van der Waals surface area contributed by atoms with Crippen molar-refractivity contribution < 1.29 is 14.3 Å². The molecule has 2 aliphatic heterocycles. The van der Waals surface area contributed by atoms with Crippen molar-refractivity contribution in [2.24, 2.45) is 0 Å². The number of hydrogen-bond donors (Lipinski definition) is 1. The van der Waals surface area contributed by atoms with Crippen LogP contribution in [0.15, 0.2) is 0 Å². The lowest BCUT2D eigenvalue weighted by Gasteiger charge is -2.37. The van der Waals surface area contributed by atoms with Gasteiger partial charge in [0.25, 0.3) is 0 Å². The van der Waals surface area contributed by atoms with Crippen LogP contribution in [0.25, 0.3) is 0 Å². The number of carbonyl (C=O) groups excluding carboxylic acids is 1. The molecule has 6 nitrogen and oxygen atoms in total. The molecule has 0 aliphatic carbocycles. The molecule has 2 fully saturated rings. The molecular weight excluding hydrogens is 270 g/mol. The minimum atomic E-state index is -0.396. The maximum Gasteiger partial charge on any atom is 0.236 e. The Hall–Kier alpha value is -0.690. The maximum atomic E-state index is 12.2. The Morgan fingerprint density at radius 3 is 2.38 bits per heavy atom. The van der Waals surface area contributed by atoms with Gasteiger partial charge in [0.2, 0.25) is 5.91 Å². The summed E-state index contributed by atoms with van der Waals surface area (Å²) in [5.41, 5.74) is 0. The van der Waals surface area contributed by atoms with E-state index >= 15 is 0 Å². The quantitative estimate of drug-likeness (QED) is 0.685. The van der Waals surface area contributed by atoms with E-state index in [0.29, 0.717) is 19.8 Å². The first-order valence-electron chi connectivity index (χ1n) is 8.18. The number of ether oxygens (including phenoxy) is 2. The highest BCUT2D eigenvalue weighted by Crippen LogP contribution is 2.31. The van der Waals surface area contributed by atoms with E-state index in [0.717, 1.165) is 52.1 Å². The Balaban J connectivity index is 1.61. The van der Waals surface area contributed by atoms with Gasteiger partial charge in [-0.2, -0.15) is 0 Å². The van der Waals surface area contributed by atoms with Crippen molar-refractivity contribution in [2.75, 3.05) is 59.0 Å². The number of nitrogens with one attached hydrogen (secondary N) is 1. The molecule has 1 spiro atoms. The van der Waals surface area contributed by atoms with Gasteiger partial charge in [0.1, 0.15) is 0 Å². The molecule has 2 heterocycles. The highest BCUT2D eigenvalue weighted by atomic mass is 16.7. The minimum absolute atomic E-state index is 0.183. The molecule has 2 saturated heterocycles. The van der Waals surface area contributed by atoms with Crippen molar-refractivity contribution in [2.45, 2.75) is 32.5 Å². The van der Waals surface area contributed by atoms with Gasteiger partial charge in [-0.3, -0.25) is 4.79 Å². The number of amides is 1. The monoisotopic (exact) mass is 299 g/mol. The summed E-state index contributed by atoms with van der Waals surface area (Å²) >= 11 is 0. The smallest absolute Gasteiger partial charge is 0.236 e. The standard InChI is InChI=1S/C15H29N3O3/c1-3-17(4-2)10-7-16-13-14(19)18-8-5-15(6-9-18)20-11-12-21-15/h16H,3-13H2,1-2H3. The molecule has 122 valence electrons. The molecule has 0 aromatic carbocycles. The molecule has 21 heavy (non-hydrogen) atoms. The number of piperidine rings is 1. The lowest BCUT2D eigenvalue weighted by molar-refractivity contribution is -0.187. The summed E-state index contributed by atoms with van der Waals surface area (Å²) in [6, 6.07) is 0. The molecule has 1 N–H and O–H groups in total. The number of hydrogen-bond acceptors (Lipinski definition) is 5. The normalized spacial score (nSPS) is 21.4. The van der Waals surface area contributed by atoms with Crippen molar-refractivity contribution in [1.82, 2.24) is 15.1 Å². The Labute approximate surface area is 127 Å². The molecule has 0 radical (unpaired) electrons. The second-order valence-corrected chi connectivity index (χ2v) is 5.69. The molecule has 0 saturated carbocycles. The fourth-order valence-electron chi connectivity index (χ4n) is 2.97. The van der Waals surface area contributed by atoms with Crippen LogP contribution in [-0.2, 0) is 14.3 Å². The van der Waals surface area contributed by atoms with Crippen LogP contribution >= 0.6 is 0 Å². The zero-order valence-corrected chi connectivity index (χ0v) is 13.4. The Morgan fingerprint density at radius 2 is 1.81 bits per heavy atom. The highest BCUT2D eigenvalue weighted by molar-refractivity contribution is 5.78. The van der Waals surface area contributed by atoms with Crippen LogP contribution in [-0.4, -0.2) is 80.5 Å². The van der Waals surface area contributed by atoms with Crippen LogP contribution < -0.4 is 5.32 Å². The van der Waals surface area contributed by atoms with E-state index in [1.54, 1.807) is 0 Å². The Bertz CT molecular complexity index is 318. The summed E-state index contributed by atoms with van der Waals surface area (Å²) in [5, 5.41) is 3.25. The van der Waals surface area contributed by atoms with Crippen molar-refractivity contribution in [3.05, 3.63) is 0 Å². The van der Waals surface area contributed by atoms with Gasteiger partial charge in [0.15, 0.2) is 5.79 Å². The second kappa shape index (κ2) is 8.08. The first-order chi connectivity index (χ1) is 10.2. The number of carbonyl (C=O) groups is 1. The molecule has 1 amide bonds. The fraction of sp³-hybridized carbons (Fsp3) is 0.933. The molecular formula is C15H29N3O3. The Kier molecular flexibility index (Phi) is 6.41. The van der Waals surface area contributed by atoms with E-state index < -0.39 is 5.79 Å². The lowest BCUT2D eigenvalue weighted by atomic mass is 10.0. The molecule has 0 aromatic rings. The third kappa shape index (κ3) is 4.64. The van der Waals surface area contributed by atoms with Gasteiger partial charge in [-0.1, -0.05) is 13.8 Å². The molecule has 2 rings (SSSR count). The fourth-order valence-corrected chi connectivity index (χ4v) is 2.97. The molecule has 0 aromatic heterocycles. The SMILES string of the molecule is CCN(CC)CCNCC(=O)N1CCC2(CC1)OCCO2.